The number of benzene rings is 1. The fourth-order valence-corrected chi connectivity index (χ4v) is 4.07. The number of hydrogen-bond acceptors (Lipinski definition) is 3. The number of hydrogen-bond donors (Lipinski definition) is 1. The molecule has 1 heterocycles. The Morgan fingerprint density at radius 1 is 1.11 bits per heavy atom. The van der Waals surface area contributed by atoms with Gasteiger partial charge in [0.2, 0.25) is 0 Å². The summed E-state index contributed by atoms with van der Waals surface area (Å²) in [6.07, 6.45) is 6.79. The number of thiazole rings is 1. The summed E-state index contributed by atoms with van der Waals surface area (Å²) in [6.45, 7) is 1.24. The summed E-state index contributed by atoms with van der Waals surface area (Å²) in [5, 5.41) is 5.02. The van der Waals surface area contributed by atoms with Crippen molar-refractivity contribution in [2.24, 2.45) is 11.8 Å². The molecule has 2 aliphatic rings. The molecule has 2 saturated carbocycles. The minimum atomic E-state index is 0.851. The standard InChI is InChI=1S/C16H20N2S/c1-2-4-15-14(3-1)18-16(19-15)9-11-5-6-12(11)10-17-13-7-8-13/h1-4,11-13,17H,5-10H2. The van der Waals surface area contributed by atoms with Crippen LogP contribution in [0.25, 0.3) is 10.2 Å². The lowest BCUT2D eigenvalue weighted by Crippen LogP contribution is -2.37. The van der Waals surface area contributed by atoms with Crippen LogP contribution in [0.3, 0.4) is 0 Å². The highest BCUT2D eigenvalue weighted by atomic mass is 32.1. The van der Waals surface area contributed by atoms with E-state index in [-0.39, 0.29) is 0 Å². The highest BCUT2D eigenvalue weighted by Crippen LogP contribution is 2.38. The second kappa shape index (κ2) is 4.88. The SMILES string of the molecule is c1ccc2sc(CC3CCC3CNC3CC3)nc2c1. The molecule has 1 aromatic carbocycles. The summed E-state index contributed by atoms with van der Waals surface area (Å²) in [7, 11) is 0. The number of nitrogens with zero attached hydrogens (tertiary/aromatic N) is 1. The predicted molar refractivity (Wildman–Crippen MR) is 80.6 cm³/mol. The third-order valence-corrected chi connectivity index (χ3v) is 5.65. The molecular weight excluding hydrogens is 252 g/mol. The minimum Gasteiger partial charge on any atom is -0.314 e. The Kier molecular flexibility index (Phi) is 3.04. The normalized spacial score (nSPS) is 26.5. The first kappa shape index (κ1) is 11.9. The van der Waals surface area contributed by atoms with Gasteiger partial charge < -0.3 is 5.32 Å². The van der Waals surface area contributed by atoms with Crippen LogP contribution in [0, 0.1) is 11.8 Å². The van der Waals surface area contributed by atoms with Crippen molar-refractivity contribution in [3.8, 4) is 0 Å². The van der Waals surface area contributed by atoms with E-state index in [2.05, 4.69) is 29.6 Å². The van der Waals surface area contributed by atoms with Crippen LogP contribution in [-0.2, 0) is 6.42 Å². The van der Waals surface area contributed by atoms with Gasteiger partial charge >= 0.3 is 0 Å². The van der Waals surface area contributed by atoms with E-state index in [0.717, 1.165) is 17.9 Å². The van der Waals surface area contributed by atoms with Crippen LogP contribution in [0.15, 0.2) is 24.3 Å². The van der Waals surface area contributed by atoms with Crippen LogP contribution >= 0.6 is 11.3 Å². The topological polar surface area (TPSA) is 24.9 Å². The van der Waals surface area contributed by atoms with Crippen LogP contribution in [0.2, 0.25) is 0 Å². The number of fused-ring (bicyclic) bond motifs is 1. The van der Waals surface area contributed by atoms with E-state index in [1.165, 1.54) is 53.9 Å². The summed E-state index contributed by atoms with van der Waals surface area (Å²) in [4.78, 5) is 4.77. The lowest BCUT2D eigenvalue weighted by Gasteiger charge is -2.36. The molecule has 2 aromatic rings. The van der Waals surface area contributed by atoms with Crippen LogP contribution in [-0.4, -0.2) is 17.6 Å². The fraction of sp³-hybridized carbons (Fsp3) is 0.562. The fourth-order valence-electron chi connectivity index (χ4n) is 3.01. The molecule has 2 unspecified atom stereocenters. The van der Waals surface area contributed by atoms with Crippen molar-refractivity contribution in [1.29, 1.82) is 0 Å². The van der Waals surface area contributed by atoms with E-state index in [4.69, 9.17) is 4.98 Å². The van der Waals surface area contributed by atoms with Gasteiger partial charge in [0.1, 0.15) is 0 Å². The molecule has 0 saturated heterocycles. The molecule has 1 aromatic heterocycles. The zero-order valence-corrected chi connectivity index (χ0v) is 12.0. The quantitative estimate of drug-likeness (QED) is 0.899. The van der Waals surface area contributed by atoms with Crippen LogP contribution < -0.4 is 5.32 Å². The molecule has 0 bridgehead atoms. The van der Waals surface area contributed by atoms with Gasteiger partial charge in [0, 0.05) is 12.5 Å². The molecule has 0 spiro atoms. The maximum atomic E-state index is 4.77. The second-order valence-corrected chi connectivity index (χ2v) is 7.17. The van der Waals surface area contributed by atoms with Crippen molar-refractivity contribution in [3.05, 3.63) is 29.3 Å². The summed E-state index contributed by atoms with van der Waals surface area (Å²) >= 11 is 1.88. The average molecular weight is 272 g/mol. The van der Waals surface area contributed by atoms with Crippen LogP contribution in [0.1, 0.15) is 30.7 Å². The molecular formula is C16H20N2S. The van der Waals surface area contributed by atoms with E-state index < -0.39 is 0 Å². The van der Waals surface area contributed by atoms with E-state index in [0.29, 0.717) is 0 Å². The summed E-state index contributed by atoms with van der Waals surface area (Å²) in [5.41, 5.74) is 1.18. The van der Waals surface area contributed by atoms with Gasteiger partial charge in [-0.15, -0.1) is 11.3 Å². The third-order valence-electron chi connectivity index (χ3n) is 4.60. The van der Waals surface area contributed by atoms with Crippen molar-refractivity contribution in [2.75, 3.05) is 6.54 Å². The Morgan fingerprint density at radius 3 is 2.68 bits per heavy atom. The van der Waals surface area contributed by atoms with E-state index in [1.54, 1.807) is 0 Å². The summed E-state index contributed by atoms with van der Waals surface area (Å²) in [6, 6.07) is 9.35. The zero-order valence-electron chi connectivity index (χ0n) is 11.1. The maximum absolute atomic E-state index is 4.77. The molecule has 2 nitrogen and oxygen atoms in total. The molecule has 0 amide bonds. The molecule has 2 atom stereocenters. The van der Waals surface area contributed by atoms with Crippen molar-refractivity contribution in [2.45, 2.75) is 38.1 Å². The van der Waals surface area contributed by atoms with Gasteiger partial charge in [-0.3, -0.25) is 0 Å². The van der Waals surface area contributed by atoms with Crippen molar-refractivity contribution in [1.82, 2.24) is 10.3 Å². The Bertz CT molecular complexity index is 540. The first-order chi connectivity index (χ1) is 9.38. The van der Waals surface area contributed by atoms with E-state index in [1.807, 2.05) is 11.3 Å². The van der Waals surface area contributed by atoms with Gasteiger partial charge in [-0.05, 0) is 56.2 Å². The minimum absolute atomic E-state index is 0.851. The Hall–Kier alpha value is -0.930. The average Bonchev–Trinajstić information content (AvgIpc) is 3.13. The molecule has 3 heteroatoms. The van der Waals surface area contributed by atoms with Gasteiger partial charge in [0.25, 0.3) is 0 Å². The smallest absolute Gasteiger partial charge is 0.0941 e. The lowest BCUT2D eigenvalue weighted by atomic mass is 9.72. The zero-order chi connectivity index (χ0) is 12.7. The molecule has 4 rings (SSSR count). The first-order valence-corrected chi connectivity index (χ1v) is 8.28. The van der Waals surface area contributed by atoms with Crippen molar-refractivity contribution >= 4 is 21.6 Å². The van der Waals surface area contributed by atoms with Gasteiger partial charge in [-0.2, -0.15) is 0 Å². The van der Waals surface area contributed by atoms with Crippen molar-refractivity contribution < 1.29 is 0 Å². The monoisotopic (exact) mass is 272 g/mol. The Balaban J connectivity index is 1.39. The third kappa shape index (κ3) is 2.54. The summed E-state index contributed by atoms with van der Waals surface area (Å²) in [5.74, 6) is 1.76. The first-order valence-electron chi connectivity index (χ1n) is 7.46. The highest BCUT2D eigenvalue weighted by Gasteiger charge is 2.32. The highest BCUT2D eigenvalue weighted by molar-refractivity contribution is 7.18. The van der Waals surface area contributed by atoms with Crippen LogP contribution in [0.4, 0.5) is 0 Å². The molecule has 0 aliphatic heterocycles. The van der Waals surface area contributed by atoms with E-state index in [9.17, 15) is 0 Å². The molecule has 0 radical (unpaired) electrons. The molecule has 19 heavy (non-hydrogen) atoms. The Labute approximate surface area is 118 Å². The number of aromatic nitrogens is 1. The van der Waals surface area contributed by atoms with Crippen molar-refractivity contribution in [3.63, 3.8) is 0 Å². The van der Waals surface area contributed by atoms with E-state index >= 15 is 0 Å². The Morgan fingerprint density at radius 2 is 1.95 bits per heavy atom. The molecule has 1 N–H and O–H groups in total. The van der Waals surface area contributed by atoms with Crippen LogP contribution in [0.5, 0.6) is 0 Å². The van der Waals surface area contributed by atoms with Gasteiger partial charge in [-0.1, -0.05) is 12.1 Å². The number of para-hydroxylation sites is 1. The second-order valence-electron chi connectivity index (χ2n) is 6.06. The lowest BCUT2D eigenvalue weighted by molar-refractivity contribution is 0.170. The molecule has 2 fully saturated rings. The maximum Gasteiger partial charge on any atom is 0.0941 e. The van der Waals surface area contributed by atoms with Gasteiger partial charge in [-0.25, -0.2) is 4.98 Å². The molecule has 2 aliphatic carbocycles. The molecule has 100 valence electrons. The van der Waals surface area contributed by atoms with Gasteiger partial charge in [0.15, 0.2) is 0 Å². The number of rotatable bonds is 5. The number of nitrogens with one attached hydrogen (secondary N) is 1. The predicted octanol–water partition coefficient (Wildman–Crippen LogP) is 3.62. The van der Waals surface area contributed by atoms with Gasteiger partial charge in [0.05, 0.1) is 15.2 Å². The largest absolute Gasteiger partial charge is 0.314 e. The summed E-state index contributed by atoms with van der Waals surface area (Å²) < 4.78 is 1.34.